The fourth-order valence-electron chi connectivity index (χ4n) is 7.72. The van der Waals surface area contributed by atoms with Crippen LogP contribution in [0.1, 0.15) is 63.0 Å². The number of halogens is 3. The number of likely N-dealkylation sites (tertiary alicyclic amines) is 1. The number of fused-ring (bicyclic) bond motifs is 1. The standard InChI is InChI=1S/C35H42Cl3N9O3S/c1-21-6-12-27(13-7-21)51(49,50)46-15-3-5-26(20-46)45-14-2-4-24(19-45)41-34-40-18-30-33(44-34)47(25-10-8-22(9-11-25)32(39)48)35(42-30)43-31-28(37)16-23(36)17-29(31)38/h6-7,12-13,16-18,22,24-26H,2-5,8-11,14-15,19-20H2,1H3,(H2,39,48)(H,42,43)(H,40,41,44)/t22?,24-,25?,26-/m1/s1. The van der Waals surface area contributed by atoms with Gasteiger partial charge in [0.2, 0.25) is 27.8 Å². The highest BCUT2D eigenvalue weighted by Gasteiger charge is 2.35. The Bertz CT molecular complexity index is 2000. The molecule has 4 aromatic rings. The van der Waals surface area contributed by atoms with Crippen LogP contribution in [-0.2, 0) is 14.8 Å². The quantitative estimate of drug-likeness (QED) is 0.167. The van der Waals surface area contributed by atoms with Crippen LogP contribution in [0.3, 0.4) is 0 Å². The molecule has 0 bridgehead atoms. The molecule has 272 valence electrons. The summed E-state index contributed by atoms with van der Waals surface area (Å²) in [4.78, 5) is 29.2. The van der Waals surface area contributed by atoms with Gasteiger partial charge in [-0.2, -0.15) is 9.29 Å². The van der Waals surface area contributed by atoms with Gasteiger partial charge in [0, 0.05) is 48.7 Å². The number of nitrogens with two attached hydrogens (primary N) is 1. The molecule has 3 fully saturated rings. The minimum Gasteiger partial charge on any atom is -0.369 e. The summed E-state index contributed by atoms with van der Waals surface area (Å²) in [5, 5.41) is 8.03. The van der Waals surface area contributed by atoms with Crippen LogP contribution in [0.4, 0.5) is 17.6 Å². The van der Waals surface area contributed by atoms with E-state index >= 15 is 0 Å². The molecule has 2 atom stereocenters. The summed E-state index contributed by atoms with van der Waals surface area (Å²) in [5.41, 5.74) is 8.41. The molecule has 1 aliphatic carbocycles. The predicted molar refractivity (Wildman–Crippen MR) is 201 cm³/mol. The number of nitrogens with zero attached hydrogens (tertiary/aromatic N) is 6. The van der Waals surface area contributed by atoms with Gasteiger partial charge in [0.05, 0.1) is 26.8 Å². The van der Waals surface area contributed by atoms with E-state index in [1.807, 2.05) is 19.1 Å². The third-order valence-electron chi connectivity index (χ3n) is 10.5. The molecule has 1 saturated carbocycles. The summed E-state index contributed by atoms with van der Waals surface area (Å²) in [6.45, 7) is 4.61. The minimum atomic E-state index is -3.56. The molecule has 0 radical (unpaired) electrons. The van der Waals surface area contributed by atoms with E-state index in [0.29, 0.717) is 74.6 Å². The smallest absolute Gasteiger partial charge is 0.243 e. The lowest BCUT2D eigenvalue weighted by atomic mass is 9.85. The molecule has 0 spiro atoms. The van der Waals surface area contributed by atoms with Crippen molar-refractivity contribution in [2.75, 3.05) is 36.8 Å². The summed E-state index contributed by atoms with van der Waals surface area (Å²) in [5.74, 6) is 0.567. The van der Waals surface area contributed by atoms with Crippen LogP contribution in [0.15, 0.2) is 47.5 Å². The van der Waals surface area contributed by atoms with Crippen molar-refractivity contribution >= 4 is 79.5 Å². The number of hydrogen-bond donors (Lipinski definition) is 3. The van der Waals surface area contributed by atoms with Crippen molar-refractivity contribution < 1.29 is 13.2 Å². The second-order valence-electron chi connectivity index (χ2n) is 13.9. The monoisotopic (exact) mass is 773 g/mol. The van der Waals surface area contributed by atoms with E-state index in [2.05, 4.69) is 25.1 Å². The maximum atomic E-state index is 13.5. The number of hydrogen-bond acceptors (Lipinski definition) is 9. The molecule has 7 rings (SSSR count). The molecule has 51 heavy (non-hydrogen) atoms. The van der Waals surface area contributed by atoms with Gasteiger partial charge in [0.15, 0.2) is 5.65 Å². The fraction of sp³-hybridized carbons (Fsp3) is 0.486. The number of aromatic nitrogens is 4. The molecular formula is C35H42Cl3N9O3S. The first-order valence-corrected chi connectivity index (χ1v) is 20.1. The summed E-state index contributed by atoms with van der Waals surface area (Å²) in [6.07, 6.45) is 8.16. The third kappa shape index (κ3) is 7.79. The first-order valence-electron chi connectivity index (χ1n) is 17.5. The molecule has 4 N–H and O–H groups in total. The second kappa shape index (κ2) is 15.0. The number of imidazole rings is 1. The molecule has 2 aromatic heterocycles. The first kappa shape index (κ1) is 36.2. The van der Waals surface area contributed by atoms with Gasteiger partial charge >= 0.3 is 0 Å². The van der Waals surface area contributed by atoms with Crippen molar-refractivity contribution in [3.63, 3.8) is 0 Å². The number of aryl methyl sites for hydroxylation is 1. The lowest BCUT2D eigenvalue weighted by Crippen LogP contribution is -2.54. The van der Waals surface area contributed by atoms with E-state index in [-0.39, 0.29) is 30.0 Å². The zero-order chi connectivity index (χ0) is 35.9. The van der Waals surface area contributed by atoms with Crippen LogP contribution >= 0.6 is 34.8 Å². The molecule has 16 heteroatoms. The Morgan fingerprint density at radius 3 is 2.31 bits per heavy atom. The highest BCUT2D eigenvalue weighted by molar-refractivity contribution is 7.89. The van der Waals surface area contributed by atoms with E-state index in [9.17, 15) is 13.2 Å². The number of nitrogens with one attached hydrogen (secondary N) is 2. The summed E-state index contributed by atoms with van der Waals surface area (Å²) >= 11 is 19.3. The van der Waals surface area contributed by atoms with E-state index in [1.165, 1.54) is 0 Å². The molecule has 1 amide bonds. The van der Waals surface area contributed by atoms with Crippen LogP contribution in [0.5, 0.6) is 0 Å². The van der Waals surface area contributed by atoms with Crippen molar-refractivity contribution in [1.82, 2.24) is 28.7 Å². The van der Waals surface area contributed by atoms with Gasteiger partial charge in [-0.3, -0.25) is 14.3 Å². The zero-order valence-electron chi connectivity index (χ0n) is 28.4. The van der Waals surface area contributed by atoms with Crippen LogP contribution < -0.4 is 16.4 Å². The van der Waals surface area contributed by atoms with E-state index in [4.69, 9.17) is 50.5 Å². The molecule has 0 unspecified atom stereocenters. The fourth-order valence-corrected chi connectivity index (χ4v) is 10.1. The van der Waals surface area contributed by atoms with Gasteiger partial charge in [-0.25, -0.2) is 18.4 Å². The maximum Gasteiger partial charge on any atom is 0.243 e. The van der Waals surface area contributed by atoms with Crippen molar-refractivity contribution in [3.05, 3.63) is 63.2 Å². The van der Waals surface area contributed by atoms with Crippen molar-refractivity contribution in [2.45, 2.75) is 81.3 Å². The predicted octanol–water partition coefficient (Wildman–Crippen LogP) is 6.78. The average Bonchev–Trinajstić information content (AvgIpc) is 3.47. The Balaban J connectivity index is 1.11. The lowest BCUT2D eigenvalue weighted by Gasteiger charge is -2.42. The number of piperidine rings is 2. The van der Waals surface area contributed by atoms with Gasteiger partial charge in [0.1, 0.15) is 5.52 Å². The van der Waals surface area contributed by atoms with Gasteiger partial charge in [-0.15, -0.1) is 0 Å². The van der Waals surface area contributed by atoms with Gasteiger partial charge in [-0.05, 0) is 89.1 Å². The summed E-state index contributed by atoms with van der Waals surface area (Å²) in [6, 6.07) is 10.5. The van der Waals surface area contributed by atoms with Crippen LogP contribution in [0, 0.1) is 12.8 Å². The Hall–Kier alpha value is -3.20. The molecule has 2 saturated heterocycles. The number of anilines is 3. The normalized spacial score (nSPS) is 23.7. The number of amides is 1. The largest absolute Gasteiger partial charge is 0.369 e. The van der Waals surface area contributed by atoms with Crippen LogP contribution in [-0.4, -0.2) is 81.3 Å². The topological polar surface area (TPSA) is 151 Å². The highest BCUT2D eigenvalue weighted by atomic mass is 35.5. The van der Waals surface area contributed by atoms with Gasteiger partial charge in [-0.1, -0.05) is 52.5 Å². The summed E-state index contributed by atoms with van der Waals surface area (Å²) < 4.78 is 30.7. The number of sulfonamides is 1. The Morgan fingerprint density at radius 2 is 1.61 bits per heavy atom. The number of primary amides is 1. The number of rotatable bonds is 9. The summed E-state index contributed by atoms with van der Waals surface area (Å²) in [7, 11) is -3.56. The lowest BCUT2D eigenvalue weighted by molar-refractivity contribution is -0.122. The van der Waals surface area contributed by atoms with Gasteiger partial charge in [0.25, 0.3) is 0 Å². The van der Waals surface area contributed by atoms with E-state index in [0.717, 1.165) is 57.2 Å². The van der Waals surface area contributed by atoms with E-state index < -0.39 is 10.0 Å². The molecule has 2 aromatic carbocycles. The second-order valence-corrected chi connectivity index (χ2v) is 17.1. The minimum absolute atomic E-state index is 0.00342. The Morgan fingerprint density at radius 1 is 0.902 bits per heavy atom. The van der Waals surface area contributed by atoms with Gasteiger partial charge < -0.3 is 16.4 Å². The molecule has 12 nitrogen and oxygen atoms in total. The molecule has 4 heterocycles. The SMILES string of the molecule is Cc1ccc(S(=O)(=O)N2CCC[C@@H](N3CCC[C@@H](Nc4ncc5nc(Nc6c(Cl)cc(Cl)cc6Cl)n(C6CCC(C(N)=O)CC6)c5n4)C3)C2)cc1. The molecular weight excluding hydrogens is 733 g/mol. The number of carbonyl (C=O) groups excluding carboxylic acids is 1. The van der Waals surface area contributed by atoms with Crippen LogP contribution in [0.2, 0.25) is 15.1 Å². The van der Waals surface area contributed by atoms with E-state index in [1.54, 1.807) is 34.8 Å². The molecule has 2 aliphatic heterocycles. The Kier molecular flexibility index (Phi) is 10.7. The number of carbonyl (C=O) groups is 1. The van der Waals surface area contributed by atoms with Crippen LogP contribution in [0.25, 0.3) is 11.2 Å². The average molecular weight is 775 g/mol. The Labute approximate surface area is 313 Å². The first-order chi connectivity index (χ1) is 24.5. The van der Waals surface area contributed by atoms with Crippen molar-refractivity contribution in [3.8, 4) is 0 Å². The zero-order valence-corrected chi connectivity index (χ0v) is 31.4. The number of benzene rings is 2. The van der Waals surface area contributed by atoms with Crippen molar-refractivity contribution in [1.29, 1.82) is 0 Å². The maximum absolute atomic E-state index is 13.5. The highest BCUT2D eigenvalue weighted by Crippen LogP contribution is 2.40. The molecule has 3 aliphatic rings. The third-order valence-corrected chi connectivity index (χ3v) is 13.2. The van der Waals surface area contributed by atoms with Crippen molar-refractivity contribution in [2.24, 2.45) is 11.7 Å².